The highest BCUT2D eigenvalue weighted by Crippen LogP contribution is 2.36. The second-order valence-electron chi connectivity index (χ2n) is 11.4. The Labute approximate surface area is 244 Å². The average Bonchev–Trinajstić information content (AvgIpc) is 2.99. The monoisotopic (exact) mass is 566 g/mol. The smallest absolute Gasteiger partial charge is 0.201 e. The highest BCUT2D eigenvalue weighted by Gasteiger charge is 2.23. The Morgan fingerprint density at radius 3 is 2.05 bits per heavy atom. The van der Waals surface area contributed by atoms with E-state index < -0.39 is 11.6 Å². The van der Waals surface area contributed by atoms with Crippen LogP contribution < -0.4 is 4.74 Å². The van der Waals surface area contributed by atoms with Gasteiger partial charge in [-0.3, -0.25) is 0 Å². The molecule has 0 amide bonds. The van der Waals surface area contributed by atoms with Crippen LogP contribution in [0.5, 0.6) is 5.75 Å². The molecule has 5 heteroatoms. The van der Waals surface area contributed by atoms with Crippen LogP contribution in [0.4, 0.5) is 13.2 Å². The van der Waals surface area contributed by atoms with Crippen LogP contribution in [0.3, 0.4) is 0 Å². The first-order valence-electron chi connectivity index (χ1n) is 15.6. The van der Waals surface area contributed by atoms with Gasteiger partial charge in [0.1, 0.15) is 5.82 Å². The predicted molar refractivity (Wildman–Crippen MR) is 162 cm³/mol. The average molecular weight is 567 g/mol. The lowest BCUT2D eigenvalue weighted by atomic mass is 9.90. The summed E-state index contributed by atoms with van der Waals surface area (Å²) in [6.45, 7) is 5.50. The van der Waals surface area contributed by atoms with Gasteiger partial charge in [0.25, 0.3) is 0 Å². The summed E-state index contributed by atoms with van der Waals surface area (Å²) < 4.78 is 56.5. The van der Waals surface area contributed by atoms with Gasteiger partial charge in [0.2, 0.25) is 5.82 Å². The summed E-state index contributed by atoms with van der Waals surface area (Å²) >= 11 is 0. The highest BCUT2D eigenvalue weighted by atomic mass is 19.2. The van der Waals surface area contributed by atoms with E-state index in [-0.39, 0.29) is 23.2 Å². The first-order chi connectivity index (χ1) is 20.0. The predicted octanol–water partition coefficient (Wildman–Crippen LogP) is 11.2. The van der Waals surface area contributed by atoms with Crippen LogP contribution in [0, 0.1) is 23.4 Å². The van der Waals surface area contributed by atoms with Crippen molar-refractivity contribution < 1.29 is 22.6 Å². The van der Waals surface area contributed by atoms with E-state index in [1.165, 1.54) is 57.1 Å². The molecule has 1 aliphatic rings. The maximum absolute atomic E-state index is 15.2. The van der Waals surface area contributed by atoms with Crippen molar-refractivity contribution in [2.24, 2.45) is 5.92 Å². The van der Waals surface area contributed by atoms with Crippen molar-refractivity contribution in [1.29, 1.82) is 0 Å². The van der Waals surface area contributed by atoms with Crippen LogP contribution in [-0.4, -0.2) is 13.2 Å². The van der Waals surface area contributed by atoms with E-state index in [1.54, 1.807) is 36.4 Å². The topological polar surface area (TPSA) is 18.5 Å². The summed E-state index contributed by atoms with van der Waals surface area (Å²) in [5.41, 5.74) is 2.69. The third kappa shape index (κ3) is 8.61. The maximum atomic E-state index is 15.2. The summed E-state index contributed by atoms with van der Waals surface area (Å²) in [7, 11) is 0. The van der Waals surface area contributed by atoms with Gasteiger partial charge in [-0.1, -0.05) is 102 Å². The van der Waals surface area contributed by atoms with E-state index in [2.05, 4.69) is 13.8 Å². The first-order valence-corrected chi connectivity index (χ1v) is 15.6. The molecule has 3 aromatic rings. The number of hydrogen-bond donors (Lipinski definition) is 0. The molecule has 0 aromatic heterocycles. The first kappa shape index (κ1) is 31.2. The zero-order chi connectivity index (χ0) is 29.0. The van der Waals surface area contributed by atoms with Crippen LogP contribution in [0.2, 0.25) is 0 Å². The fourth-order valence-corrected chi connectivity index (χ4v) is 5.71. The number of halogens is 3. The molecule has 0 spiro atoms. The molecule has 2 unspecified atom stereocenters. The lowest BCUT2D eigenvalue weighted by Crippen LogP contribution is -2.20. The number of unbranched alkanes of at least 4 members (excludes halogenated alkanes) is 7. The molecule has 3 aromatic carbocycles. The summed E-state index contributed by atoms with van der Waals surface area (Å²) in [5.74, 6) is -1.68. The fraction of sp³-hybridized carbons (Fsp3) is 0.500. The molecule has 0 radical (unpaired) electrons. The number of ether oxygens (including phenoxy) is 2. The van der Waals surface area contributed by atoms with Crippen molar-refractivity contribution in [3.63, 3.8) is 0 Å². The third-order valence-electron chi connectivity index (χ3n) is 8.26. The van der Waals surface area contributed by atoms with Crippen LogP contribution in [0.15, 0.2) is 54.6 Å². The van der Waals surface area contributed by atoms with E-state index in [4.69, 9.17) is 9.47 Å². The Morgan fingerprint density at radius 2 is 1.37 bits per heavy atom. The van der Waals surface area contributed by atoms with Gasteiger partial charge in [0, 0.05) is 11.1 Å². The minimum absolute atomic E-state index is 0.0625. The zero-order valence-corrected chi connectivity index (χ0v) is 24.7. The number of rotatable bonds is 15. The Kier molecular flexibility index (Phi) is 12.2. The maximum Gasteiger partial charge on any atom is 0.201 e. The van der Waals surface area contributed by atoms with Gasteiger partial charge < -0.3 is 9.47 Å². The van der Waals surface area contributed by atoms with Gasteiger partial charge in [-0.2, -0.15) is 4.39 Å². The molecule has 0 bridgehead atoms. The second-order valence-corrected chi connectivity index (χ2v) is 11.4. The molecule has 4 rings (SSSR count). The summed E-state index contributed by atoms with van der Waals surface area (Å²) in [4.78, 5) is 0. The van der Waals surface area contributed by atoms with E-state index in [0.29, 0.717) is 29.2 Å². The number of benzene rings is 3. The normalized spacial score (nSPS) is 17.1. The molecule has 222 valence electrons. The minimum atomic E-state index is -0.976. The van der Waals surface area contributed by atoms with Gasteiger partial charge >= 0.3 is 0 Å². The highest BCUT2D eigenvalue weighted by molar-refractivity contribution is 5.71. The van der Waals surface area contributed by atoms with Gasteiger partial charge in [-0.05, 0) is 66.5 Å². The fourth-order valence-electron chi connectivity index (χ4n) is 5.71. The largest absolute Gasteiger partial charge is 0.490 e. The van der Waals surface area contributed by atoms with Crippen molar-refractivity contribution in [1.82, 2.24) is 0 Å². The molecule has 1 fully saturated rings. The number of hydrogen-bond acceptors (Lipinski definition) is 2. The second kappa shape index (κ2) is 16.0. The quantitative estimate of drug-likeness (QED) is 0.170. The molecule has 41 heavy (non-hydrogen) atoms. The molecule has 2 nitrogen and oxygen atoms in total. The van der Waals surface area contributed by atoms with Crippen molar-refractivity contribution in [2.45, 2.75) is 97.0 Å². The van der Waals surface area contributed by atoms with Crippen LogP contribution >= 0.6 is 0 Å². The summed E-state index contributed by atoms with van der Waals surface area (Å²) in [5, 5.41) is 0. The van der Waals surface area contributed by atoms with Crippen LogP contribution in [0.25, 0.3) is 22.3 Å². The van der Waals surface area contributed by atoms with Crippen LogP contribution in [-0.2, 0) is 4.74 Å². The minimum Gasteiger partial charge on any atom is -0.490 e. The van der Waals surface area contributed by atoms with Crippen molar-refractivity contribution >= 4 is 0 Å². The molecule has 0 aliphatic carbocycles. The van der Waals surface area contributed by atoms with Crippen LogP contribution in [0.1, 0.15) is 103 Å². The van der Waals surface area contributed by atoms with Gasteiger partial charge in [-0.15, -0.1) is 0 Å². The molecular formula is C36H45F3O2. The Bertz CT molecular complexity index is 1220. The molecule has 0 saturated carbocycles. The van der Waals surface area contributed by atoms with Gasteiger partial charge in [0.05, 0.1) is 19.3 Å². The van der Waals surface area contributed by atoms with E-state index >= 15 is 4.39 Å². The van der Waals surface area contributed by atoms with Crippen molar-refractivity contribution in [3.05, 3.63) is 77.6 Å². The van der Waals surface area contributed by atoms with Gasteiger partial charge in [0.15, 0.2) is 11.6 Å². The lowest BCUT2D eigenvalue weighted by Gasteiger charge is -2.29. The lowest BCUT2D eigenvalue weighted by molar-refractivity contribution is -0.0200. The molecule has 1 heterocycles. The van der Waals surface area contributed by atoms with E-state index in [1.807, 2.05) is 6.07 Å². The Balaban J connectivity index is 1.35. The van der Waals surface area contributed by atoms with E-state index in [9.17, 15) is 8.78 Å². The molecule has 1 aliphatic heterocycles. The molecule has 2 atom stereocenters. The molecule has 0 N–H and O–H groups in total. The SMILES string of the molecule is CCCCCCCCOc1ccc(-c2ccc(-c3ccc(C4CCC(CCCCC)CO4)cc3F)cc2)c(F)c1F. The summed E-state index contributed by atoms with van der Waals surface area (Å²) in [6, 6.07) is 15.2. The van der Waals surface area contributed by atoms with E-state index in [0.717, 1.165) is 44.3 Å². The Morgan fingerprint density at radius 1 is 0.707 bits per heavy atom. The third-order valence-corrected chi connectivity index (χ3v) is 8.26. The Hall–Kier alpha value is -2.79. The van der Waals surface area contributed by atoms with Gasteiger partial charge in [-0.25, -0.2) is 8.78 Å². The molecular weight excluding hydrogens is 521 g/mol. The standard InChI is InChI=1S/C36H45F3O2/c1-3-5-7-8-9-11-23-40-34-22-20-31(35(38)36(34)39)28-16-14-27(15-17-28)30-19-18-29(24-32(30)37)33-21-13-26(25-41-33)12-10-6-4-2/h14-20,22,24,26,33H,3-13,21,23,25H2,1-2H3. The van der Waals surface area contributed by atoms with Crippen molar-refractivity contribution in [3.8, 4) is 28.0 Å². The van der Waals surface area contributed by atoms with Crippen molar-refractivity contribution in [2.75, 3.05) is 13.2 Å². The summed E-state index contributed by atoms with van der Waals surface area (Å²) in [6.07, 6.45) is 13.5. The zero-order valence-electron chi connectivity index (χ0n) is 24.7. The molecule has 1 saturated heterocycles.